The Morgan fingerprint density at radius 3 is 2.39 bits per heavy atom. The Morgan fingerprint density at radius 2 is 1.83 bits per heavy atom. The van der Waals surface area contributed by atoms with Gasteiger partial charge in [0, 0.05) is 6.04 Å². The van der Waals surface area contributed by atoms with Crippen molar-refractivity contribution in [2.75, 3.05) is 0 Å². The number of carbonyl (C=O) groups is 1. The van der Waals surface area contributed by atoms with Gasteiger partial charge in [-0.3, -0.25) is 4.79 Å². The maximum atomic E-state index is 12.6. The molecule has 0 bridgehead atoms. The fourth-order valence-electron chi connectivity index (χ4n) is 2.10. The molecule has 0 radical (unpaired) electrons. The van der Waals surface area contributed by atoms with Gasteiger partial charge in [-0.25, -0.2) is 0 Å². The van der Waals surface area contributed by atoms with Crippen LogP contribution >= 0.6 is 0 Å². The van der Waals surface area contributed by atoms with E-state index in [1.165, 1.54) is 0 Å². The predicted molar refractivity (Wildman–Crippen MR) is 62.8 cm³/mol. The van der Waals surface area contributed by atoms with Crippen LogP contribution in [-0.2, 0) is 4.79 Å². The molecule has 1 saturated carbocycles. The zero-order valence-electron chi connectivity index (χ0n) is 10.8. The topological polar surface area (TPSA) is 55.1 Å². The summed E-state index contributed by atoms with van der Waals surface area (Å²) in [5.41, 5.74) is 2.27. The highest BCUT2D eigenvalue weighted by Gasteiger charge is 2.54. The van der Waals surface area contributed by atoms with Gasteiger partial charge >= 0.3 is 6.18 Å². The number of hydrogen-bond donors (Lipinski definition) is 2. The minimum atomic E-state index is -4.73. The van der Waals surface area contributed by atoms with Gasteiger partial charge in [-0.1, -0.05) is 19.8 Å². The average Bonchev–Trinajstić information content (AvgIpc) is 2.42. The molecule has 106 valence electrons. The second-order valence-corrected chi connectivity index (χ2v) is 5.48. The van der Waals surface area contributed by atoms with Crippen LogP contribution in [0.4, 0.5) is 13.2 Å². The summed E-state index contributed by atoms with van der Waals surface area (Å²) in [4.78, 5) is 11.6. The molecule has 0 aromatic heterocycles. The zero-order chi connectivity index (χ0) is 14.0. The Kier molecular flexibility index (Phi) is 4.64. The smallest absolute Gasteiger partial charge is 0.351 e. The zero-order valence-corrected chi connectivity index (χ0v) is 10.8. The highest BCUT2D eigenvalue weighted by atomic mass is 19.4. The Hall–Kier alpha value is -0.780. The normalized spacial score (nSPS) is 29.2. The van der Waals surface area contributed by atoms with Crippen molar-refractivity contribution < 1.29 is 18.0 Å². The largest absolute Gasteiger partial charge is 0.415 e. The van der Waals surface area contributed by atoms with Crippen LogP contribution in [0.25, 0.3) is 0 Å². The van der Waals surface area contributed by atoms with E-state index in [9.17, 15) is 18.0 Å². The molecule has 3 unspecified atom stereocenters. The van der Waals surface area contributed by atoms with Crippen molar-refractivity contribution in [3.63, 3.8) is 0 Å². The van der Waals surface area contributed by atoms with Crippen LogP contribution in [0.5, 0.6) is 0 Å². The van der Waals surface area contributed by atoms with Crippen molar-refractivity contribution in [3.05, 3.63) is 0 Å². The molecular formula is C12H21F3N2O. The molecule has 0 heterocycles. The Bertz CT molecular complexity index is 302. The fourth-order valence-corrected chi connectivity index (χ4v) is 2.10. The van der Waals surface area contributed by atoms with Crippen molar-refractivity contribution >= 4 is 5.91 Å². The molecule has 0 spiro atoms. The summed E-state index contributed by atoms with van der Waals surface area (Å²) in [5.74, 6) is -0.562. The second-order valence-electron chi connectivity index (χ2n) is 5.48. The van der Waals surface area contributed by atoms with Gasteiger partial charge in [0.25, 0.3) is 0 Å². The number of hydrogen-bond acceptors (Lipinski definition) is 2. The molecule has 18 heavy (non-hydrogen) atoms. The standard InChI is InChI=1S/C12H21F3N2O/c1-8-4-3-5-9(7-6-8)17-10(18)11(2,16)12(13,14)15/h8-9H,3-7,16H2,1-2H3,(H,17,18). The van der Waals surface area contributed by atoms with Crippen LogP contribution in [0.15, 0.2) is 0 Å². The Morgan fingerprint density at radius 1 is 1.22 bits per heavy atom. The highest BCUT2D eigenvalue weighted by Crippen LogP contribution is 2.29. The molecule has 0 aliphatic heterocycles. The van der Waals surface area contributed by atoms with Gasteiger partial charge in [-0.05, 0) is 32.1 Å². The number of amides is 1. The summed E-state index contributed by atoms with van der Waals surface area (Å²) in [6.45, 7) is 2.83. The number of alkyl halides is 3. The molecule has 1 fully saturated rings. The van der Waals surface area contributed by atoms with Crippen molar-refractivity contribution in [2.45, 2.75) is 63.7 Å². The number of nitrogens with two attached hydrogens (primary N) is 1. The molecule has 6 heteroatoms. The van der Waals surface area contributed by atoms with E-state index < -0.39 is 17.6 Å². The van der Waals surface area contributed by atoms with Gasteiger partial charge in [0.05, 0.1) is 0 Å². The van der Waals surface area contributed by atoms with E-state index in [2.05, 4.69) is 12.2 Å². The molecule has 0 aromatic carbocycles. The van der Waals surface area contributed by atoms with E-state index in [1.807, 2.05) is 0 Å². The molecule has 1 aliphatic carbocycles. The van der Waals surface area contributed by atoms with Gasteiger partial charge < -0.3 is 11.1 Å². The summed E-state index contributed by atoms with van der Waals surface area (Å²) in [6, 6.07) is -0.187. The SMILES string of the molecule is CC1CCCC(NC(=O)C(C)(N)C(F)(F)F)CC1. The molecule has 1 aliphatic rings. The highest BCUT2D eigenvalue weighted by molar-refractivity contribution is 5.86. The van der Waals surface area contributed by atoms with Crippen molar-refractivity contribution in [1.29, 1.82) is 0 Å². The Labute approximate surface area is 105 Å². The van der Waals surface area contributed by atoms with Gasteiger partial charge in [0.1, 0.15) is 0 Å². The third kappa shape index (κ3) is 3.60. The van der Waals surface area contributed by atoms with Gasteiger partial charge in [-0.15, -0.1) is 0 Å². The van der Waals surface area contributed by atoms with Crippen LogP contribution in [0.2, 0.25) is 0 Å². The third-order valence-electron chi connectivity index (χ3n) is 3.65. The minimum Gasteiger partial charge on any atom is -0.351 e. The monoisotopic (exact) mass is 266 g/mol. The molecule has 3 atom stereocenters. The summed E-state index contributed by atoms with van der Waals surface area (Å²) < 4.78 is 37.8. The lowest BCUT2D eigenvalue weighted by Crippen LogP contribution is -2.62. The van der Waals surface area contributed by atoms with Gasteiger partial charge in [-0.2, -0.15) is 13.2 Å². The van der Waals surface area contributed by atoms with Crippen molar-refractivity contribution in [2.24, 2.45) is 11.7 Å². The number of nitrogens with one attached hydrogen (secondary N) is 1. The van der Waals surface area contributed by atoms with Crippen LogP contribution in [0.3, 0.4) is 0 Å². The van der Waals surface area contributed by atoms with E-state index >= 15 is 0 Å². The lowest BCUT2D eigenvalue weighted by atomic mass is 10.00. The maximum absolute atomic E-state index is 12.6. The third-order valence-corrected chi connectivity index (χ3v) is 3.65. The fraction of sp³-hybridized carbons (Fsp3) is 0.917. The first-order valence-corrected chi connectivity index (χ1v) is 6.31. The van der Waals surface area contributed by atoms with E-state index in [0.29, 0.717) is 12.8 Å². The molecule has 3 N–H and O–H groups in total. The Balaban J connectivity index is 2.59. The predicted octanol–water partition coefficient (Wildman–Crippen LogP) is 2.35. The quantitative estimate of drug-likeness (QED) is 0.754. The molecule has 0 saturated heterocycles. The first kappa shape index (κ1) is 15.3. The van der Waals surface area contributed by atoms with Crippen LogP contribution in [-0.4, -0.2) is 23.7 Å². The number of rotatable bonds is 2. The van der Waals surface area contributed by atoms with Gasteiger partial charge in [0.2, 0.25) is 5.91 Å². The summed E-state index contributed by atoms with van der Waals surface area (Å²) >= 11 is 0. The summed E-state index contributed by atoms with van der Waals surface area (Å²) in [6.07, 6.45) is -0.358. The van der Waals surface area contributed by atoms with E-state index in [4.69, 9.17) is 5.73 Å². The molecular weight excluding hydrogens is 245 g/mol. The van der Waals surface area contributed by atoms with Gasteiger partial charge in [0.15, 0.2) is 5.54 Å². The van der Waals surface area contributed by atoms with Crippen molar-refractivity contribution in [1.82, 2.24) is 5.32 Å². The molecule has 3 nitrogen and oxygen atoms in total. The second kappa shape index (κ2) is 5.47. The van der Waals surface area contributed by atoms with Crippen LogP contribution < -0.4 is 11.1 Å². The average molecular weight is 266 g/mol. The molecule has 1 amide bonds. The molecule has 0 aromatic rings. The maximum Gasteiger partial charge on any atom is 0.415 e. The van der Waals surface area contributed by atoms with Crippen LogP contribution in [0.1, 0.15) is 46.0 Å². The lowest BCUT2D eigenvalue weighted by molar-refractivity contribution is -0.187. The first-order chi connectivity index (χ1) is 8.14. The lowest BCUT2D eigenvalue weighted by Gasteiger charge is -2.28. The number of halogens is 3. The minimum absolute atomic E-state index is 0.187. The van der Waals surface area contributed by atoms with Crippen molar-refractivity contribution in [3.8, 4) is 0 Å². The van der Waals surface area contributed by atoms with E-state index in [0.717, 1.165) is 32.1 Å². The first-order valence-electron chi connectivity index (χ1n) is 6.31. The summed E-state index contributed by atoms with van der Waals surface area (Å²) in [5, 5.41) is 2.44. The molecule has 1 rings (SSSR count). The number of carbonyl (C=O) groups excluding carboxylic acids is 1. The summed E-state index contributed by atoms with van der Waals surface area (Å²) in [7, 11) is 0. The van der Waals surface area contributed by atoms with Crippen LogP contribution in [0, 0.1) is 5.92 Å². The van der Waals surface area contributed by atoms with E-state index in [-0.39, 0.29) is 6.04 Å². The van der Waals surface area contributed by atoms with E-state index in [1.54, 1.807) is 0 Å².